The van der Waals surface area contributed by atoms with Gasteiger partial charge in [0.05, 0.1) is 23.0 Å². The largest absolute Gasteiger partial charge is 0.297 e. The standard InChI is InChI=1S/C16H18O6S2.5C2H4/c1-13-3-7-15(8-4-13)23(17,18)21-11-12-22-24(19,20)16-9-5-14(2)6-10-16;5*1-2/h3-10H,11-12H2,1-2H3;5*1-2H2. The SMILES string of the molecule is C=C.C=C.C=C.C=C.C=C.Cc1ccc(S(=O)(=O)OCCOS(=O)(=O)c2ccc(C)cc2)cc1. The molecule has 0 atom stereocenters. The van der Waals surface area contributed by atoms with Crippen LogP contribution in [0.15, 0.2) is 124 Å². The number of hydrogen-bond acceptors (Lipinski definition) is 6. The van der Waals surface area contributed by atoms with Crippen molar-refractivity contribution >= 4 is 20.2 Å². The summed E-state index contributed by atoms with van der Waals surface area (Å²) in [5, 5.41) is 0. The van der Waals surface area contributed by atoms with Crippen LogP contribution in [-0.4, -0.2) is 30.0 Å². The average molecular weight is 511 g/mol. The smallest absolute Gasteiger partial charge is 0.264 e. The summed E-state index contributed by atoms with van der Waals surface area (Å²) in [6, 6.07) is 12.3. The van der Waals surface area contributed by atoms with E-state index in [2.05, 4.69) is 65.8 Å². The molecule has 0 spiro atoms. The normalized spacial score (nSPS) is 9.24. The maximum Gasteiger partial charge on any atom is 0.297 e. The summed E-state index contributed by atoms with van der Waals surface area (Å²) in [5.41, 5.74) is 1.84. The molecule has 0 fully saturated rings. The zero-order valence-corrected chi connectivity index (χ0v) is 22.0. The van der Waals surface area contributed by atoms with Crippen LogP contribution in [0.5, 0.6) is 0 Å². The summed E-state index contributed by atoms with van der Waals surface area (Å²) < 4.78 is 57.4. The molecule has 0 aliphatic carbocycles. The summed E-state index contributed by atoms with van der Waals surface area (Å²) in [5.74, 6) is 0. The third-order valence-corrected chi connectivity index (χ3v) is 5.83. The van der Waals surface area contributed by atoms with E-state index in [4.69, 9.17) is 8.37 Å². The van der Waals surface area contributed by atoms with Crippen LogP contribution in [0.25, 0.3) is 0 Å². The van der Waals surface area contributed by atoms with Crippen molar-refractivity contribution in [3.05, 3.63) is 125 Å². The molecule has 6 nitrogen and oxygen atoms in total. The van der Waals surface area contributed by atoms with Gasteiger partial charge in [0.2, 0.25) is 0 Å². The Hall–Kier alpha value is -3.04. The lowest BCUT2D eigenvalue weighted by Crippen LogP contribution is -2.15. The minimum atomic E-state index is -3.94. The van der Waals surface area contributed by atoms with E-state index in [1.54, 1.807) is 24.3 Å². The molecule has 0 N–H and O–H groups in total. The lowest BCUT2D eigenvalue weighted by atomic mass is 10.2. The monoisotopic (exact) mass is 510 g/mol. The second kappa shape index (κ2) is 23.1. The highest BCUT2D eigenvalue weighted by Gasteiger charge is 2.17. The summed E-state index contributed by atoms with van der Waals surface area (Å²) in [6.45, 7) is 32.9. The van der Waals surface area contributed by atoms with Gasteiger partial charge < -0.3 is 0 Å². The highest BCUT2D eigenvalue weighted by Crippen LogP contribution is 2.15. The predicted octanol–water partition coefficient (Wildman–Crippen LogP) is 6.43. The second-order valence-electron chi connectivity index (χ2n) is 5.18. The fourth-order valence-electron chi connectivity index (χ4n) is 1.83. The maximum absolute atomic E-state index is 11.9. The van der Waals surface area contributed by atoms with E-state index < -0.39 is 33.5 Å². The van der Waals surface area contributed by atoms with E-state index in [0.717, 1.165) is 11.1 Å². The van der Waals surface area contributed by atoms with Crippen molar-refractivity contribution in [2.45, 2.75) is 23.6 Å². The van der Waals surface area contributed by atoms with Gasteiger partial charge in [0.25, 0.3) is 20.2 Å². The Bertz CT molecular complexity index is 876. The third-order valence-electron chi connectivity index (χ3n) is 3.18. The Morgan fingerprint density at radius 2 is 0.706 bits per heavy atom. The van der Waals surface area contributed by atoms with Crippen molar-refractivity contribution in [3.63, 3.8) is 0 Å². The van der Waals surface area contributed by atoms with Gasteiger partial charge in [-0.3, -0.25) is 8.37 Å². The lowest BCUT2D eigenvalue weighted by molar-refractivity contribution is 0.224. The fourth-order valence-corrected chi connectivity index (χ4v) is 3.62. The van der Waals surface area contributed by atoms with Gasteiger partial charge in [-0.15, -0.1) is 65.8 Å². The molecule has 2 aromatic rings. The van der Waals surface area contributed by atoms with Crippen LogP contribution in [0.2, 0.25) is 0 Å². The molecule has 8 heteroatoms. The topological polar surface area (TPSA) is 86.7 Å². The molecule has 34 heavy (non-hydrogen) atoms. The van der Waals surface area contributed by atoms with Crippen LogP contribution < -0.4 is 0 Å². The van der Waals surface area contributed by atoms with Gasteiger partial charge >= 0.3 is 0 Å². The first-order valence-corrected chi connectivity index (χ1v) is 12.4. The molecule has 0 aliphatic rings. The summed E-state index contributed by atoms with van der Waals surface area (Å²) in [7, 11) is -7.88. The summed E-state index contributed by atoms with van der Waals surface area (Å²) in [4.78, 5) is 0.0176. The molecule has 0 unspecified atom stereocenters. The van der Waals surface area contributed by atoms with E-state index >= 15 is 0 Å². The summed E-state index contributed by atoms with van der Waals surface area (Å²) >= 11 is 0. The van der Waals surface area contributed by atoms with Crippen LogP contribution in [0, 0.1) is 13.8 Å². The highest BCUT2D eigenvalue weighted by atomic mass is 32.2. The highest BCUT2D eigenvalue weighted by molar-refractivity contribution is 7.87. The molecule has 2 rings (SSSR count). The molecular weight excluding hydrogens is 472 g/mol. The van der Waals surface area contributed by atoms with Gasteiger partial charge in [-0.1, -0.05) is 35.4 Å². The quantitative estimate of drug-likeness (QED) is 0.242. The number of hydrogen-bond donors (Lipinski definition) is 0. The van der Waals surface area contributed by atoms with E-state index in [0.29, 0.717) is 0 Å². The van der Waals surface area contributed by atoms with Crippen molar-refractivity contribution in [1.82, 2.24) is 0 Å². The van der Waals surface area contributed by atoms with Crippen molar-refractivity contribution in [2.24, 2.45) is 0 Å². The lowest BCUT2D eigenvalue weighted by Gasteiger charge is -2.08. The van der Waals surface area contributed by atoms with Gasteiger partial charge in [0.1, 0.15) is 0 Å². The molecule has 0 saturated heterocycles. The van der Waals surface area contributed by atoms with E-state index in [1.807, 2.05) is 13.8 Å². The second-order valence-corrected chi connectivity index (χ2v) is 8.41. The predicted molar refractivity (Wildman–Crippen MR) is 145 cm³/mol. The fraction of sp³-hybridized carbons (Fsp3) is 0.154. The van der Waals surface area contributed by atoms with Crippen molar-refractivity contribution in [2.75, 3.05) is 13.2 Å². The molecule has 2 aromatic carbocycles. The van der Waals surface area contributed by atoms with Crippen LogP contribution in [0.1, 0.15) is 11.1 Å². The Balaban J connectivity index is -0.000000398. The van der Waals surface area contributed by atoms with Gasteiger partial charge in [-0.05, 0) is 38.1 Å². The van der Waals surface area contributed by atoms with Crippen LogP contribution in [0.4, 0.5) is 0 Å². The van der Waals surface area contributed by atoms with E-state index in [9.17, 15) is 16.8 Å². The first-order chi connectivity index (χ1) is 16.2. The molecule has 0 radical (unpaired) electrons. The third kappa shape index (κ3) is 15.7. The Morgan fingerprint density at radius 1 is 0.500 bits per heavy atom. The van der Waals surface area contributed by atoms with Crippen LogP contribution >= 0.6 is 0 Å². The van der Waals surface area contributed by atoms with E-state index in [1.165, 1.54) is 24.3 Å². The molecule has 0 aromatic heterocycles. The number of benzene rings is 2. The zero-order valence-electron chi connectivity index (χ0n) is 20.4. The first-order valence-electron chi connectivity index (χ1n) is 9.63. The van der Waals surface area contributed by atoms with Gasteiger partial charge in [0.15, 0.2) is 0 Å². The molecule has 190 valence electrons. The minimum absolute atomic E-state index is 0.00879. The Kier molecular flexibility index (Phi) is 26.0. The van der Waals surface area contributed by atoms with Crippen molar-refractivity contribution in [3.8, 4) is 0 Å². The van der Waals surface area contributed by atoms with Crippen LogP contribution in [-0.2, 0) is 28.6 Å². The number of aryl methyl sites for hydroxylation is 2. The molecular formula is C26H38O6S2. The Morgan fingerprint density at radius 3 is 0.912 bits per heavy atom. The van der Waals surface area contributed by atoms with Crippen molar-refractivity contribution < 1.29 is 25.2 Å². The molecule has 0 amide bonds. The summed E-state index contributed by atoms with van der Waals surface area (Å²) in [6.07, 6.45) is 0. The molecule has 0 saturated carbocycles. The molecule has 0 heterocycles. The van der Waals surface area contributed by atoms with Gasteiger partial charge in [-0.2, -0.15) is 16.8 Å². The first kappa shape index (κ1) is 38.2. The molecule has 0 aliphatic heterocycles. The van der Waals surface area contributed by atoms with Gasteiger partial charge in [0, 0.05) is 0 Å². The molecule has 0 bridgehead atoms. The number of rotatable bonds is 7. The zero-order chi connectivity index (χ0) is 27.8. The maximum atomic E-state index is 11.9. The Labute approximate surface area is 207 Å². The van der Waals surface area contributed by atoms with Crippen LogP contribution in [0.3, 0.4) is 0 Å². The van der Waals surface area contributed by atoms with Gasteiger partial charge in [-0.25, -0.2) is 0 Å². The van der Waals surface area contributed by atoms with Crippen molar-refractivity contribution in [1.29, 1.82) is 0 Å². The average Bonchev–Trinajstić information content (AvgIpc) is 2.88. The minimum Gasteiger partial charge on any atom is -0.264 e. The van der Waals surface area contributed by atoms with E-state index in [-0.39, 0.29) is 9.79 Å².